The molecule has 0 aliphatic rings. The van der Waals surface area contributed by atoms with Gasteiger partial charge in [0.25, 0.3) is 0 Å². The van der Waals surface area contributed by atoms with E-state index in [0.717, 1.165) is 0 Å². The molecule has 1 atom stereocenters. The first-order valence-corrected chi connectivity index (χ1v) is 4.82. The average Bonchev–Trinajstić information content (AvgIpc) is 2.12. The van der Waals surface area contributed by atoms with E-state index >= 15 is 0 Å². The van der Waals surface area contributed by atoms with Crippen molar-refractivity contribution >= 4 is 15.9 Å². The Morgan fingerprint density at radius 3 is 1.30 bits per heavy atom. The van der Waals surface area contributed by atoms with Crippen LogP contribution in [0.1, 0.15) is 0 Å². The summed E-state index contributed by atoms with van der Waals surface area (Å²) in [7, 11) is 0. The molecule has 0 saturated heterocycles. The molecule has 0 saturated carbocycles. The Balaban J connectivity index is 5.73. The molecular weight excluding hydrogens is 389 g/mol. The van der Waals surface area contributed by atoms with Crippen LogP contribution in [0.15, 0.2) is 11.1 Å². The van der Waals surface area contributed by atoms with Crippen molar-refractivity contribution in [2.45, 2.75) is 30.2 Å². The minimum absolute atomic E-state index is 1.63. The molecule has 0 spiro atoms. The number of hydrogen-bond acceptors (Lipinski definition) is 1. The summed E-state index contributed by atoms with van der Waals surface area (Å²) in [5.41, 5.74) is 0. The Bertz CT molecular complexity index is 383. The molecule has 0 radical (unpaired) electrons. The Morgan fingerprint density at radius 1 is 0.750 bits per heavy atom. The summed E-state index contributed by atoms with van der Waals surface area (Å²) < 4.78 is 134. The van der Waals surface area contributed by atoms with Crippen LogP contribution < -0.4 is 0 Å². The summed E-state index contributed by atoms with van der Waals surface area (Å²) in [5, 5.41) is 0. The van der Waals surface area contributed by atoms with E-state index in [4.69, 9.17) is 0 Å². The molecule has 1 unspecified atom stereocenters. The number of ether oxygens (including phenoxy) is 1. The van der Waals surface area contributed by atoms with Crippen molar-refractivity contribution < 1.29 is 53.0 Å². The summed E-state index contributed by atoms with van der Waals surface area (Å²) in [6, 6.07) is 0. The van der Waals surface area contributed by atoms with E-state index in [9.17, 15) is 48.3 Å². The first-order chi connectivity index (χ1) is 8.40. The topological polar surface area (TPSA) is 9.23 Å². The average molecular weight is 391 g/mol. The molecule has 0 amide bonds. The fraction of sp³-hybridized carbons (Fsp3) is 0.714. The fourth-order valence-electron chi connectivity index (χ4n) is 0.673. The maximum atomic E-state index is 13.2. The van der Waals surface area contributed by atoms with Crippen molar-refractivity contribution in [3.05, 3.63) is 11.1 Å². The predicted molar refractivity (Wildman–Crippen MR) is 45.0 cm³/mol. The lowest BCUT2D eigenvalue weighted by atomic mass is 10.2. The molecule has 0 aromatic carbocycles. The molecule has 0 aromatic rings. The van der Waals surface area contributed by atoms with E-state index in [1.807, 2.05) is 0 Å². The monoisotopic (exact) mass is 390 g/mol. The van der Waals surface area contributed by atoms with E-state index in [0.29, 0.717) is 0 Å². The standard InChI is InChI=1S/C7H2BrF11O/c1-2(8)3(9,5(12,13)14)20-7(18,19)4(10,11)6(15,16)17/h1H2. The van der Waals surface area contributed by atoms with Gasteiger partial charge in [-0.2, -0.15) is 48.3 Å². The van der Waals surface area contributed by atoms with Gasteiger partial charge in [-0.05, 0) is 15.9 Å². The second-order valence-corrected chi connectivity index (χ2v) is 4.15. The highest BCUT2D eigenvalue weighted by Crippen LogP contribution is 2.53. The van der Waals surface area contributed by atoms with Crippen LogP contribution in [0.5, 0.6) is 0 Å². The van der Waals surface area contributed by atoms with Crippen molar-refractivity contribution in [2.24, 2.45) is 0 Å². The molecule has 1 nitrogen and oxygen atoms in total. The predicted octanol–water partition coefficient (Wildman–Crippen LogP) is 4.93. The summed E-state index contributed by atoms with van der Waals surface area (Å²) in [4.78, 5) is 0. The minimum Gasteiger partial charge on any atom is -0.265 e. The lowest BCUT2D eigenvalue weighted by Crippen LogP contribution is -2.59. The van der Waals surface area contributed by atoms with E-state index < -0.39 is 34.7 Å². The highest BCUT2D eigenvalue weighted by atomic mass is 79.9. The molecule has 0 N–H and O–H groups in total. The Labute approximate surface area is 111 Å². The zero-order valence-electron chi connectivity index (χ0n) is 8.65. The SMILES string of the molecule is C=C(Br)C(F)(OC(F)(F)C(F)(F)C(F)(F)F)C(F)(F)F. The molecule has 0 aliphatic heterocycles. The van der Waals surface area contributed by atoms with Gasteiger partial charge in [-0.1, -0.05) is 6.58 Å². The largest absolute Gasteiger partial charge is 0.462 e. The lowest BCUT2D eigenvalue weighted by molar-refractivity contribution is -0.474. The normalized spacial score (nSPS) is 17.8. The van der Waals surface area contributed by atoms with Gasteiger partial charge in [0.2, 0.25) is 0 Å². The second-order valence-electron chi connectivity index (χ2n) is 3.19. The van der Waals surface area contributed by atoms with Gasteiger partial charge in [-0.25, -0.2) is 0 Å². The molecule has 0 bridgehead atoms. The number of hydrogen-bond donors (Lipinski definition) is 0. The smallest absolute Gasteiger partial charge is 0.265 e. The first-order valence-electron chi connectivity index (χ1n) is 4.03. The zero-order valence-corrected chi connectivity index (χ0v) is 10.2. The molecule has 0 heterocycles. The van der Waals surface area contributed by atoms with Gasteiger partial charge in [-0.15, -0.1) is 0 Å². The van der Waals surface area contributed by atoms with Gasteiger partial charge in [0.05, 0.1) is 4.48 Å². The van der Waals surface area contributed by atoms with Crippen LogP contribution in [0.4, 0.5) is 48.3 Å². The number of rotatable bonds is 4. The fourth-order valence-corrected chi connectivity index (χ4v) is 0.978. The molecule has 0 aliphatic carbocycles. The van der Waals surface area contributed by atoms with Crippen molar-refractivity contribution in [3.8, 4) is 0 Å². The van der Waals surface area contributed by atoms with Gasteiger partial charge in [0.1, 0.15) is 0 Å². The van der Waals surface area contributed by atoms with Gasteiger partial charge in [-0.3, -0.25) is 4.74 Å². The van der Waals surface area contributed by atoms with Gasteiger partial charge >= 0.3 is 30.2 Å². The molecule has 0 rings (SSSR count). The van der Waals surface area contributed by atoms with E-state index in [1.165, 1.54) is 0 Å². The molecular formula is C7H2BrF11O. The molecule has 120 valence electrons. The number of halogens is 12. The Kier molecular flexibility index (Phi) is 4.85. The third kappa shape index (κ3) is 3.18. The van der Waals surface area contributed by atoms with Gasteiger partial charge < -0.3 is 0 Å². The molecule has 13 heteroatoms. The van der Waals surface area contributed by atoms with Crippen LogP contribution >= 0.6 is 15.9 Å². The van der Waals surface area contributed by atoms with Crippen molar-refractivity contribution in [2.75, 3.05) is 0 Å². The molecule has 20 heavy (non-hydrogen) atoms. The third-order valence-corrected chi connectivity index (χ3v) is 2.21. The Hall–Kier alpha value is -0.590. The summed E-state index contributed by atoms with van der Waals surface area (Å²) in [6.07, 6.45) is -20.2. The lowest BCUT2D eigenvalue weighted by Gasteiger charge is -2.34. The number of alkyl halides is 11. The zero-order chi connectivity index (χ0) is 16.8. The van der Waals surface area contributed by atoms with Crippen LogP contribution in [-0.2, 0) is 4.74 Å². The highest BCUT2D eigenvalue weighted by Gasteiger charge is 2.78. The first kappa shape index (κ1) is 19.4. The summed E-state index contributed by atoms with van der Waals surface area (Å²) >= 11 is 1.63. The second kappa shape index (κ2) is 5.00. The summed E-state index contributed by atoms with van der Waals surface area (Å²) in [5.74, 6) is -12.7. The van der Waals surface area contributed by atoms with E-state index in [2.05, 4.69) is 11.3 Å². The van der Waals surface area contributed by atoms with Gasteiger partial charge in [0.15, 0.2) is 0 Å². The van der Waals surface area contributed by atoms with E-state index in [1.54, 1.807) is 15.9 Å². The van der Waals surface area contributed by atoms with Crippen LogP contribution in [0.2, 0.25) is 0 Å². The molecule has 0 fully saturated rings. The Morgan fingerprint density at radius 2 is 1.10 bits per heavy atom. The van der Waals surface area contributed by atoms with Crippen molar-refractivity contribution in [1.29, 1.82) is 0 Å². The minimum atomic E-state index is -7.06. The summed E-state index contributed by atoms with van der Waals surface area (Å²) in [6.45, 7) is 2.16. The van der Waals surface area contributed by atoms with E-state index in [-0.39, 0.29) is 0 Å². The maximum Gasteiger partial charge on any atom is 0.462 e. The van der Waals surface area contributed by atoms with Gasteiger partial charge in [0, 0.05) is 0 Å². The van der Waals surface area contributed by atoms with Crippen molar-refractivity contribution in [3.63, 3.8) is 0 Å². The maximum absolute atomic E-state index is 13.2. The highest BCUT2D eigenvalue weighted by molar-refractivity contribution is 9.11. The quantitative estimate of drug-likeness (QED) is 0.618. The van der Waals surface area contributed by atoms with Crippen LogP contribution in [0, 0.1) is 0 Å². The third-order valence-electron chi connectivity index (χ3n) is 1.70. The van der Waals surface area contributed by atoms with Crippen LogP contribution in [-0.4, -0.2) is 30.2 Å². The molecule has 0 aromatic heterocycles. The van der Waals surface area contributed by atoms with Crippen LogP contribution in [0.25, 0.3) is 0 Å². The van der Waals surface area contributed by atoms with Crippen molar-refractivity contribution in [1.82, 2.24) is 0 Å². The van der Waals surface area contributed by atoms with Crippen LogP contribution in [0.3, 0.4) is 0 Å².